The molecule has 2 aromatic heterocycles. The zero-order chi connectivity index (χ0) is 17.3. The van der Waals surface area contributed by atoms with Gasteiger partial charge in [0.15, 0.2) is 5.96 Å². The smallest absolute Gasteiger partial charge is 0.191 e. The summed E-state index contributed by atoms with van der Waals surface area (Å²) in [5.41, 5.74) is 1.11. The number of pyridine rings is 1. The van der Waals surface area contributed by atoms with E-state index in [0.717, 1.165) is 55.9 Å². The van der Waals surface area contributed by atoms with Gasteiger partial charge in [-0.25, -0.2) is 9.98 Å². The maximum atomic E-state index is 5.43. The second kappa shape index (κ2) is 11.0. The highest BCUT2D eigenvalue weighted by Gasteiger charge is 2.15. The Balaban J connectivity index is 0.00000243. The van der Waals surface area contributed by atoms with E-state index in [-0.39, 0.29) is 24.0 Å². The third-order valence-electron chi connectivity index (χ3n) is 3.94. The Kier molecular flexibility index (Phi) is 8.69. The van der Waals surface area contributed by atoms with Gasteiger partial charge in [0.1, 0.15) is 11.6 Å². The van der Waals surface area contributed by atoms with E-state index < -0.39 is 0 Å². The van der Waals surface area contributed by atoms with Crippen molar-refractivity contribution in [1.82, 2.24) is 15.6 Å². The number of ether oxygens (including phenoxy) is 1. The molecule has 0 unspecified atom stereocenters. The van der Waals surface area contributed by atoms with E-state index in [1.165, 1.54) is 0 Å². The normalized spacial score (nSPS) is 14.7. The molecule has 7 nitrogen and oxygen atoms in total. The van der Waals surface area contributed by atoms with Crippen molar-refractivity contribution in [2.45, 2.75) is 20.0 Å². The number of anilines is 1. The van der Waals surface area contributed by atoms with Crippen molar-refractivity contribution in [2.75, 3.05) is 37.7 Å². The molecule has 2 aromatic rings. The maximum absolute atomic E-state index is 5.43. The lowest BCUT2D eigenvalue weighted by molar-refractivity contribution is 0.122. The predicted molar refractivity (Wildman–Crippen MR) is 113 cm³/mol. The molecule has 0 radical (unpaired) electrons. The summed E-state index contributed by atoms with van der Waals surface area (Å²) >= 11 is 0. The number of rotatable bonds is 6. The highest BCUT2D eigenvalue weighted by Crippen LogP contribution is 2.19. The van der Waals surface area contributed by atoms with E-state index in [1.54, 1.807) is 6.26 Å². The van der Waals surface area contributed by atoms with Gasteiger partial charge in [0.25, 0.3) is 0 Å². The van der Waals surface area contributed by atoms with Gasteiger partial charge in [-0.1, -0.05) is 6.07 Å². The fraction of sp³-hybridized carbons (Fsp3) is 0.444. The van der Waals surface area contributed by atoms with Crippen molar-refractivity contribution < 1.29 is 9.15 Å². The molecule has 1 aliphatic heterocycles. The Morgan fingerprint density at radius 3 is 2.81 bits per heavy atom. The van der Waals surface area contributed by atoms with Gasteiger partial charge in [0, 0.05) is 31.4 Å². The van der Waals surface area contributed by atoms with Crippen LogP contribution in [0.5, 0.6) is 0 Å². The number of nitrogens with zero attached hydrogens (tertiary/aromatic N) is 3. The summed E-state index contributed by atoms with van der Waals surface area (Å²) < 4.78 is 10.8. The average Bonchev–Trinajstić information content (AvgIpc) is 3.18. The zero-order valence-electron chi connectivity index (χ0n) is 15.0. The summed E-state index contributed by atoms with van der Waals surface area (Å²) in [6.07, 6.45) is 3.50. The number of aliphatic imine (C=N–C) groups is 1. The molecule has 3 heterocycles. The number of nitrogens with one attached hydrogen (secondary N) is 2. The van der Waals surface area contributed by atoms with Crippen LogP contribution >= 0.6 is 24.0 Å². The molecule has 1 fully saturated rings. The number of guanidine groups is 1. The molecular formula is C18H26IN5O2. The molecule has 2 N–H and O–H groups in total. The number of morpholine rings is 1. The number of hydrogen-bond donors (Lipinski definition) is 2. The first-order valence-electron chi connectivity index (χ1n) is 8.68. The van der Waals surface area contributed by atoms with Gasteiger partial charge in [-0.05, 0) is 25.1 Å². The van der Waals surface area contributed by atoms with Crippen LogP contribution in [-0.4, -0.2) is 43.8 Å². The molecule has 142 valence electrons. The minimum absolute atomic E-state index is 0. The van der Waals surface area contributed by atoms with E-state index in [4.69, 9.17) is 14.1 Å². The molecule has 0 aliphatic carbocycles. The van der Waals surface area contributed by atoms with E-state index in [1.807, 2.05) is 31.3 Å². The fourth-order valence-electron chi connectivity index (χ4n) is 2.70. The van der Waals surface area contributed by atoms with Crippen LogP contribution in [0.25, 0.3) is 0 Å². The number of furan rings is 1. The van der Waals surface area contributed by atoms with Crippen LogP contribution in [0.15, 0.2) is 46.1 Å². The minimum atomic E-state index is 0. The van der Waals surface area contributed by atoms with Gasteiger partial charge in [-0.2, -0.15) is 0 Å². The Labute approximate surface area is 171 Å². The first-order chi connectivity index (χ1) is 12.4. The molecule has 0 amide bonds. The van der Waals surface area contributed by atoms with Crippen molar-refractivity contribution in [3.8, 4) is 0 Å². The molecule has 8 heteroatoms. The van der Waals surface area contributed by atoms with E-state index in [0.29, 0.717) is 13.1 Å². The lowest BCUT2D eigenvalue weighted by Gasteiger charge is -2.29. The van der Waals surface area contributed by atoms with E-state index in [2.05, 4.69) is 26.6 Å². The topological polar surface area (TPSA) is 74.9 Å². The number of hydrogen-bond acceptors (Lipinski definition) is 5. The van der Waals surface area contributed by atoms with Crippen LogP contribution in [0.3, 0.4) is 0 Å². The molecule has 0 bridgehead atoms. The highest BCUT2D eigenvalue weighted by molar-refractivity contribution is 14.0. The molecule has 26 heavy (non-hydrogen) atoms. The molecule has 0 spiro atoms. The fourth-order valence-corrected chi connectivity index (χ4v) is 2.70. The largest absolute Gasteiger partial charge is 0.467 e. The van der Waals surface area contributed by atoms with Crippen LogP contribution in [0.4, 0.5) is 5.82 Å². The molecule has 3 rings (SSSR count). The monoisotopic (exact) mass is 471 g/mol. The maximum Gasteiger partial charge on any atom is 0.191 e. The van der Waals surface area contributed by atoms with Crippen LogP contribution in [0.2, 0.25) is 0 Å². The molecule has 1 aliphatic rings. The van der Waals surface area contributed by atoms with Gasteiger partial charge in [0.2, 0.25) is 0 Å². The van der Waals surface area contributed by atoms with E-state index in [9.17, 15) is 0 Å². The Hall–Kier alpha value is -1.81. The molecule has 1 saturated heterocycles. The van der Waals surface area contributed by atoms with Gasteiger partial charge in [-0.15, -0.1) is 24.0 Å². The highest BCUT2D eigenvalue weighted by atomic mass is 127. The second-order valence-electron chi connectivity index (χ2n) is 5.71. The lowest BCUT2D eigenvalue weighted by atomic mass is 10.2. The van der Waals surface area contributed by atoms with Crippen LogP contribution in [-0.2, 0) is 17.8 Å². The summed E-state index contributed by atoms with van der Waals surface area (Å²) in [5.74, 6) is 2.63. The minimum Gasteiger partial charge on any atom is -0.467 e. The van der Waals surface area contributed by atoms with Crippen LogP contribution in [0, 0.1) is 0 Å². The summed E-state index contributed by atoms with van der Waals surface area (Å²) in [4.78, 5) is 11.5. The standard InChI is InChI=1S/C18H25N5O2.HI/c1-2-19-18(22-14-16-6-4-10-25-16)21-13-15-5-3-7-20-17(15)23-8-11-24-12-9-23;/h3-7,10H,2,8-9,11-14H2,1H3,(H2,19,21,22);1H. The summed E-state index contributed by atoms with van der Waals surface area (Å²) in [7, 11) is 0. The second-order valence-corrected chi connectivity index (χ2v) is 5.71. The first kappa shape index (κ1) is 20.5. The van der Waals surface area contributed by atoms with Crippen molar-refractivity contribution in [2.24, 2.45) is 4.99 Å². The Morgan fingerprint density at radius 2 is 2.08 bits per heavy atom. The third kappa shape index (κ3) is 5.87. The summed E-state index contributed by atoms with van der Waals surface area (Å²) in [5, 5.41) is 6.54. The van der Waals surface area contributed by atoms with Crippen molar-refractivity contribution >= 4 is 35.8 Å². The first-order valence-corrected chi connectivity index (χ1v) is 8.68. The van der Waals surface area contributed by atoms with Gasteiger partial charge >= 0.3 is 0 Å². The lowest BCUT2D eigenvalue weighted by Crippen LogP contribution is -2.38. The van der Waals surface area contributed by atoms with Crippen LogP contribution in [0.1, 0.15) is 18.2 Å². The van der Waals surface area contributed by atoms with Crippen LogP contribution < -0.4 is 15.5 Å². The average molecular weight is 471 g/mol. The summed E-state index contributed by atoms with van der Waals surface area (Å²) in [6.45, 7) is 7.23. The molecule has 0 aromatic carbocycles. The summed E-state index contributed by atoms with van der Waals surface area (Å²) in [6, 6.07) is 7.86. The molecular weight excluding hydrogens is 445 g/mol. The van der Waals surface area contributed by atoms with Gasteiger partial charge in [-0.3, -0.25) is 0 Å². The zero-order valence-corrected chi connectivity index (χ0v) is 17.3. The molecule has 0 saturated carbocycles. The van der Waals surface area contributed by atoms with Crippen molar-refractivity contribution in [3.05, 3.63) is 48.0 Å². The Bertz CT molecular complexity index is 672. The van der Waals surface area contributed by atoms with Gasteiger partial charge in [0.05, 0.1) is 32.6 Å². The Morgan fingerprint density at radius 1 is 1.23 bits per heavy atom. The van der Waals surface area contributed by atoms with Gasteiger partial charge < -0.3 is 24.7 Å². The third-order valence-corrected chi connectivity index (χ3v) is 3.94. The van der Waals surface area contributed by atoms with Crippen molar-refractivity contribution in [3.63, 3.8) is 0 Å². The molecule has 0 atom stereocenters. The van der Waals surface area contributed by atoms with Crippen molar-refractivity contribution in [1.29, 1.82) is 0 Å². The quantitative estimate of drug-likeness (QED) is 0.383. The number of aromatic nitrogens is 1. The SMILES string of the molecule is CCNC(=NCc1cccnc1N1CCOCC1)NCc1ccco1.I. The number of halogens is 1. The van der Waals surface area contributed by atoms with E-state index >= 15 is 0 Å². The predicted octanol–water partition coefficient (Wildman–Crippen LogP) is 2.38.